The third-order valence-corrected chi connectivity index (χ3v) is 5.27. The van der Waals surface area contributed by atoms with Crippen molar-refractivity contribution in [1.82, 2.24) is 5.16 Å². The van der Waals surface area contributed by atoms with Crippen LogP contribution in [0.25, 0.3) is 32.3 Å². The van der Waals surface area contributed by atoms with Crippen molar-refractivity contribution < 1.29 is 12.2 Å². The molecular weight excluding hydrogens is 362 g/mol. The summed E-state index contributed by atoms with van der Waals surface area (Å²) in [6, 6.07) is 20.1. The number of hydrogen-bond acceptors (Lipinski definition) is 3. The molecule has 0 spiro atoms. The number of carbonyl (C=O) groups is 1. The number of nitrogens with zero attached hydrogens (tertiary/aromatic N) is 1. The molecule has 29 heavy (non-hydrogen) atoms. The van der Waals surface area contributed by atoms with Crippen LogP contribution in [0.15, 0.2) is 65.2 Å². The van der Waals surface area contributed by atoms with Crippen LogP contribution in [0, 0.1) is 0 Å². The van der Waals surface area contributed by atoms with Gasteiger partial charge in [-0.2, -0.15) is 0 Å². The van der Waals surface area contributed by atoms with Crippen LogP contribution in [-0.4, -0.2) is 11.2 Å². The molecule has 2 amide bonds. The summed E-state index contributed by atoms with van der Waals surface area (Å²) in [7, 11) is 0. The minimum atomic E-state index is -0.353. The lowest BCUT2D eigenvalue weighted by Gasteiger charge is -2.14. The highest BCUT2D eigenvalue weighted by Crippen LogP contribution is 2.37. The minimum absolute atomic E-state index is 0. The van der Waals surface area contributed by atoms with Gasteiger partial charge in [0.05, 0.1) is 5.69 Å². The van der Waals surface area contributed by atoms with Crippen LogP contribution in [0.1, 0.15) is 29.4 Å². The van der Waals surface area contributed by atoms with E-state index in [0.29, 0.717) is 5.82 Å². The first kappa shape index (κ1) is 17.5. The van der Waals surface area contributed by atoms with E-state index >= 15 is 0 Å². The Labute approximate surface area is 171 Å². The van der Waals surface area contributed by atoms with E-state index in [2.05, 4.69) is 58.3 Å². The van der Waals surface area contributed by atoms with Crippen molar-refractivity contribution in [3.63, 3.8) is 0 Å². The van der Waals surface area contributed by atoms with Gasteiger partial charge in [-0.1, -0.05) is 74.5 Å². The summed E-state index contributed by atoms with van der Waals surface area (Å²) in [5.41, 5.74) is 0.586. The quantitative estimate of drug-likeness (QED) is 0.320. The van der Waals surface area contributed by atoms with Crippen molar-refractivity contribution in [3.8, 4) is 0 Å². The van der Waals surface area contributed by atoms with Crippen molar-refractivity contribution >= 4 is 49.9 Å². The molecule has 0 fully saturated rings. The summed E-state index contributed by atoms with van der Waals surface area (Å²) in [4.78, 5) is 12.6. The summed E-state index contributed by atoms with van der Waals surface area (Å²) in [6.45, 7) is 6.09. The highest BCUT2D eigenvalue weighted by molar-refractivity contribution is 6.26. The molecule has 5 heteroatoms. The largest absolute Gasteiger partial charge is 0.359 e. The molecular formula is C24H25N3O2. The number of hydrogen-bond donors (Lipinski definition) is 2. The molecule has 0 aliphatic carbocycles. The molecule has 0 aliphatic rings. The Morgan fingerprint density at radius 3 is 2.24 bits per heavy atom. The predicted octanol–water partition coefficient (Wildman–Crippen LogP) is 7.01. The normalized spacial score (nSPS) is 12.1. The lowest BCUT2D eigenvalue weighted by molar-refractivity contribution is 0.262. The number of anilines is 2. The zero-order chi connectivity index (χ0) is 20.2. The van der Waals surface area contributed by atoms with Crippen LogP contribution in [0.2, 0.25) is 0 Å². The number of nitrogens with one attached hydrogen (secondary N) is 2. The first-order valence-corrected chi connectivity index (χ1v) is 9.62. The molecule has 5 nitrogen and oxygen atoms in total. The maximum Gasteiger partial charge on any atom is 0.324 e. The van der Waals surface area contributed by atoms with Gasteiger partial charge in [0, 0.05) is 19.7 Å². The van der Waals surface area contributed by atoms with Crippen molar-refractivity contribution in [3.05, 3.63) is 66.4 Å². The Hall–Kier alpha value is -3.60. The Balaban J connectivity index is 0.00000136. The fourth-order valence-electron chi connectivity index (χ4n) is 3.80. The highest BCUT2D eigenvalue weighted by atomic mass is 16.5. The number of benzene rings is 4. The number of carbonyl (C=O) groups excluding carboxylic acids is 1. The molecule has 1 heterocycles. The van der Waals surface area contributed by atoms with E-state index in [1.54, 1.807) is 6.07 Å². The molecule has 0 radical (unpaired) electrons. The van der Waals surface area contributed by atoms with E-state index in [0.717, 1.165) is 27.6 Å². The Morgan fingerprint density at radius 2 is 1.55 bits per heavy atom. The van der Waals surface area contributed by atoms with Gasteiger partial charge in [0.15, 0.2) is 5.82 Å². The average molecular weight is 387 g/mol. The van der Waals surface area contributed by atoms with Crippen LogP contribution >= 0.6 is 0 Å². The van der Waals surface area contributed by atoms with E-state index < -0.39 is 0 Å². The molecule has 0 saturated carbocycles. The molecule has 148 valence electrons. The summed E-state index contributed by atoms with van der Waals surface area (Å²) in [6.07, 6.45) is 0. The van der Waals surface area contributed by atoms with Gasteiger partial charge in [-0.25, -0.2) is 4.79 Å². The van der Waals surface area contributed by atoms with Gasteiger partial charge in [0.2, 0.25) is 0 Å². The van der Waals surface area contributed by atoms with Crippen LogP contribution in [0.5, 0.6) is 0 Å². The van der Waals surface area contributed by atoms with E-state index in [9.17, 15) is 4.79 Å². The van der Waals surface area contributed by atoms with E-state index in [-0.39, 0.29) is 14.3 Å². The van der Waals surface area contributed by atoms with E-state index in [1.807, 2.05) is 32.9 Å². The van der Waals surface area contributed by atoms with Gasteiger partial charge >= 0.3 is 6.03 Å². The molecule has 1 aromatic heterocycles. The molecule has 0 unspecified atom stereocenters. The minimum Gasteiger partial charge on any atom is -0.359 e. The molecule has 0 saturated heterocycles. The van der Waals surface area contributed by atoms with Crippen molar-refractivity contribution in [1.29, 1.82) is 0 Å². The van der Waals surface area contributed by atoms with Gasteiger partial charge in [-0.05, 0) is 33.0 Å². The lowest BCUT2D eigenvalue weighted by Crippen LogP contribution is -2.19. The van der Waals surface area contributed by atoms with Gasteiger partial charge in [0.1, 0.15) is 5.76 Å². The first-order valence-electron chi connectivity index (χ1n) is 9.62. The van der Waals surface area contributed by atoms with E-state index in [4.69, 9.17) is 4.52 Å². The second-order valence-corrected chi connectivity index (χ2v) is 8.37. The SMILES string of the molecule is CC(C)(C)c1cc(NC(=O)Nc2ccc3ccc4cccc5ccc2c3c45)no1.[HH].[HH]. The highest BCUT2D eigenvalue weighted by Gasteiger charge is 2.20. The number of urea groups is 1. The number of amides is 2. The summed E-state index contributed by atoms with van der Waals surface area (Å²) < 4.78 is 5.34. The molecule has 0 atom stereocenters. The van der Waals surface area contributed by atoms with Crippen molar-refractivity contribution in [2.45, 2.75) is 26.2 Å². The van der Waals surface area contributed by atoms with Gasteiger partial charge < -0.3 is 9.84 Å². The summed E-state index contributed by atoms with van der Waals surface area (Å²) in [5.74, 6) is 1.11. The maximum atomic E-state index is 12.6. The first-order chi connectivity index (χ1) is 13.9. The molecule has 5 rings (SSSR count). The molecule has 4 aromatic carbocycles. The Bertz CT molecular complexity index is 1360. The topological polar surface area (TPSA) is 67.2 Å². The smallest absolute Gasteiger partial charge is 0.324 e. The fourth-order valence-corrected chi connectivity index (χ4v) is 3.80. The van der Waals surface area contributed by atoms with Crippen molar-refractivity contribution in [2.24, 2.45) is 0 Å². The zero-order valence-electron chi connectivity index (χ0n) is 16.5. The Morgan fingerprint density at radius 1 is 0.897 bits per heavy atom. The third-order valence-electron chi connectivity index (χ3n) is 5.27. The Kier molecular flexibility index (Phi) is 3.74. The number of aromatic nitrogens is 1. The monoisotopic (exact) mass is 387 g/mol. The van der Waals surface area contributed by atoms with Crippen LogP contribution < -0.4 is 10.6 Å². The molecule has 0 bridgehead atoms. The van der Waals surface area contributed by atoms with Crippen LogP contribution in [0.4, 0.5) is 16.3 Å². The zero-order valence-corrected chi connectivity index (χ0v) is 16.5. The standard InChI is InChI=1S/C24H21N3O2.2H2/c1-24(2,3)19-13-20(27-29-19)26-23(28)25-18-12-10-16-8-7-14-5-4-6-15-9-11-17(18)22(16)21(14)15;;/h4-13H,1-3H3,(H2,25,26,27,28);2*1H. The summed E-state index contributed by atoms with van der Waals surface area (Å²) >= 11 is 0. The molecule has 5 aromatic rings. The predicted molar refractivity (Wildman–Crippen MR) is 122 cm³/mol. The summed E-state index contributed by atoms with van der Waals surface area (Å²) in [5, 5.41) is 16.6. The second kappa shape index (κ2) is 6.21. The molecule has 2 N–H and O–H groups in total. The maximum absolute atomic E-state index is 12.6. The average Bonchev–Trinajstić information content (AvgIpc) is 3.16. The van der Waals surface area contributed by atoms with Crippen molar-refractivity contribution in [2.75, 3.05) is 10.6 Å². The lowest BCUT2D eigenvalue weighted by atomic mass is 9.93. The second-order valence-electron chi connectivity index (χ2n) is 8.37. The van der Waals surface area contributed by atoms with Gasteiger partial charge in [-0.3, -0.25) is 5.32 Å². The fraction of sp³-hybridized carbons (Fsp3) is 0.167. The third kappa shape index (κ3) is 2.95. The van der Waals surface area contributed by atoms with Crippen LogP contribution in [-0.2, 0) is 5.41 Å². The number of rotatable bonds is 2. The van der Waals surface area contributed by atoms with E-state index in [1.165, 1.54) is 16.2 Å². The van der Waals surface area contributed by atoms with Crippen LogP contribution in [0.3, 0.4) is 0 Å². The molecule has 0 aliphatic heterocycles. The van der Waals surface area contributed by atoms with Gasteiger partial charge in [-0.15, -0.1) is 0 Å². The van der Waals surface area contributed by atoms with Gasteiger partial charge in [0.25, 0.3) is 0 Å².